The molecule has 0 aliphatic carbocycles. The molecule has 1 fully saturated rings. The number of phosphoric acid groups is 1. The van der Waals surface area contributed by atoms with Gasteiger partial charge in [-0.1, -0.05) is 25.4 Å². The van der Waals surface area contributed by atoms with Crippen molar-refractivity contribution < 1.29 is 33.1 Å². The largest absolute Gasteiger partial charge is 0.534 e. The molecule has 13 heteroatoms. The summed E-state index contributed by atoms with van der Waals surface area (Å²) < 4.78 is 35.2. The van der Waals surface area contributed by atoms with Crippen molar-refractivity contribution in [3.63, 3.8) is 0 Å². The maximum atomic E-state index is 12.8. The minimum atomic E-state index is -4.34. The summed E-state index contributed by atoms with van der Waals surface area (Å²) in [5.41, 5.74) is 0.174. The van der Waals surface area contributed by atoms with Crippen LogP contribution < -0.4 is 10.1 Å². The lowest BCUT2D eigenvalue weighted by Crippen LogP contribution is -2.44. The molecule has 2 aliphatic rings. The van der Waals surface area contributed by atoms with Gasteiger partial charge in [-0.25, -0.2) is 9.09 Å². The van der Waals surface area contributed by atoms with Crippen LogP contribution in [-0.4, -0.2) is 31.8 Å². The van der Waals surface area contributed by atoms with E-state index < -0.39 is 26.1 Å². The fourth-order valence-electron chi connectivity index (χ4n) is 3.07. The first-order valence-electron chi connectivity index (χ1n) is 9.50. The monoisotopic (exact) mass is 492 g/mol. The second-order valence-corrected chi connectivity index (χ2v) is 8.83. The molecule has 2 aromatic rings. The van der Waals surface area contributed by atoms with Gasteiger partial charge in [0.15, 0.2) is 4.77 Å². The third kappa shape index (κ3) is 5.44. The highest BCUT2D eigenvalue weighted by atomic mass is 35.5. The second kappa shape index (κ2) is 9.51. The molecule has 4 rings (SSSR count). The number of nitrogens with one attached hydrogen (secondary N) is 1. The maximum absolute atomic E-state index is 12.8. The van der Waals surface area contributed by atoms with Crippen molar-refractivity contribution in [2.75, 3.05) is 0 Å². The number of aliphatic hydroxyl groups is 2. The Morgan fingerprint density at radius 3 is 2.77 bits per heavy atom. The van der Waals surface area contributed by atoms with Crippen LogP contribution in [0.25, 0.3) is 0 Å². The number of benzene rings is 1. The van der Waals surface area contributed by atoms with E-state index in [0.29, 0.717) is 17.0 Å². The average Bonchev–Trinajstić information content (AvgIpc) is 3.20. The zero-order chi connectivity index (χ0) is 22.8. The van der Waals surface area contributed by atoms with Gasteiger partial charge in [0.1, 0.15) is 18.1 Å². The Bertz CT molecular complexity index is 1100. The van der Waals surface area contributed by atoms with Crippen molar-refractivity contribution in [2.45, 2.75) is 51.6 Å². The Kier molecular flexibility index (Phi) is 7.39. The van der Waals surface area contributed by atoms with Crippen LogP contribution in [0.2, 0.25) is 5.02 Å². The highest BCUT2D eigenvalue weighted by Crippen LogP contribution is 2.57. The van der Waals surface area contributed by atoms with Crippen LogP contribution in [0, 0.1) is 4.77 Å². The highest BCUT2D eigenvalue weighted by molar-refractivity contribution is 7.71. The Hall–Kier alpha value is -1.56. The van der Waals surface area contributed by atoms with Gasteiger partial charge in [-0.3, -0.25) is 18.9 Å². The van der Waals surface area contributed by atoms with Crippen LogP contribution >= 0.6 is 31.6 Å². The SMILES string of the molecule is CC.O=c1ccn(C2CCC(C(O)(O)OP3(=O)OCc4cc(Cl)ccc4O3)O2)c(=S)[nH]1. The Morgan fingerprint density at radius 1 is 1.32 bits per heavy atom. The standard InChI is InChI=1S/C16H16ClN2O8PS.C2H6/c17-10-1-2-11-9(7-10)8-24-28(23,26-11)27-16(21,22)12-3-4-14(25-12)19-6-5-13(20)18-15(19)29;1-2/h1-2,5-7,12,14,21-22H,3-4,8H2,(H,18,20,29);1-2H3. The topological polar surface area (TPSA) is 132 Å². The average molecular weight is 493 g/mol. The van der Waals surface area contributed by atoms with Crippen LogP contribution in [0.4, 0.5) is 0 Å². The van der Waals surface area contributed by atoms with Crippen LogP contribution in [0.15, 0.2) is 35.3 Å². The van der Waals surface area contributed by atoms with Gasteiger partial charge in [0.25, 0.3) is 5.56 Å². The Morgan fingerprint density at radius 2 is 2.06 bits per heavy atom. The number of aromatic nitrogens is 2. The molecule has 0 radical (unpaired) electrons. The Balaban J connectivity index is 0.00000132. The number of rotatable bonds is 4. The molecule has 31 heavy (non-hydrogen) atoms. The summed E-state index contributed by atoms with van der Waals surface area (Å²) in [6, 6.07) is 5.84. The van der Waals surface area contributed by atoms with Crippen molar-refractivity contribution in [3.8, 4) is 5.75 Å². The zero-order valence-electron chi connectivity index (χ0n) is 16.7. The molecule has 1 aromatic carbocycles. The molecule has 2 aliphatic heterocycles. The van der Waals surface area contributed by atoms with E-state index in [1.807, 2.05) is 13.8 Å². The zero-order valence-corrected chi connectivity index (χ0v) is 19.2. The maximum Gasteiger partial charge on any atom is 0.534 e. The smallest absolute Gasteiger partial charge is 0.404 e. The van der Waals surface area contributed by atoms with E-state index in [2.05, 4.69) is 4.98 Å². The molecule has 0 saturated carbocycles. The van der Waals surface area contributed by atoms with Crippen LogP contribution in [0.5, 0.6) is 5.75 Å². The minimum Gasteiger partial charge on any atom is -0.404 e. The fourth-order valence-corrected chi connectivity index (χ4v) is 4.85. The van der Waals surface area contributed by atoms with Gasteiger partial charge in [-0.05, 0) is 43.3 Å². The van der Waals surface area contributed by atoms with Crippen molar-refractivity contribution >= 4 is 31.6 Å². The molecule has 170 valence electrons. The number of aromatic amines is 1. The predicted octanol–water partition coefficient (Wildman–Crippen LogP) is 3.64. The molecule has 3 atom stereocenters. The summed E-state index contributed by atoms with van der Waals surface area (Å²) in [7, 11) is -4.34. The lowest BCUT2D eigenvalue weighted by atomic mass is 10.2. The number of phosphoric ester groups is 1. The number of hydrogen-bond donors (Lipinski definition) is 3. The van der Waals surface area contributed by atoms with Crippen LogP contribution in [-0.2, 0) is 25.0 Å². The first-order chi connectivity index (χ1) is 14.7. The number of ether oxygens (including phenoxy) is 1. The summed E-state index contributed by atoms with van der Waals surface area (Å²) >= 11 is 11.0. The van der Waals surface area contributed by atoms with Crippen LogP contribution in [0.3, 0.4) is 0 Å². The van der Waals surface area contributed by atoms with E-state index in [9.17, 15) is 19.6 Å². The minimum absolute atomic E-state index is 0.118. The van der Waals surface area contributed by atoms with Gasteiger partial charge in [0, 0.05) is 22.8 Å². The third-order valence-corrected chi connectivity index (χ3v) is 6.34. The molecule has 0 spiro atoms. The molecular formula is C18H22ClN2O8PS. The van der Waals surface area contributed by atoms with E-state index in [0.717, 1.165) is 0 Å². The Labute approximate surface area is 187 Å². The van der Waals surface area contributed by atoms with Crippen LogP contribution in [0.1, 0.15) is 38.5 Å². The number of fused-ring (bicyclic) bond motifs is 1. The summed E-state index contributed by atoms with van der Waals surface area (Å²) in [6.45, 7) is 3.85. The molecular weight excluding hydrogens is 471 g/mol. The van der Waals surface area contributed by atoms with Gasteiger partial charge in [0.05, 0.1) is 6.61 Å². The quantitative estimate of drug-likeness (QED) is 0.332. The second-order valence-electron chi connectivity index (χ2n) is 6.49. The van der Waals surface area contributed by atoms with E-state index in [4.69, 9.17) is 42.1 Å². The van der Waals surface area contributed by atoms with Crippen molar-refractivity contribution in [2.24, 2.45) is 0 Å². The number of hydrogen-bond acceptors (Lipinski definition) is 9. The van der Waals surface area contributed by atoms with E-state index in [-0.39, 0.29) is 29.1 Å². The van der Waals surface area contributed by atoms with Crippen molar-refractivity contribution in [1.29, 1.82) is 0 Å². The normalized spacial score (nSPS) is 25.2. The molecule has 10 nitrogen and oxygen atoms in total. The fraction of sp³-hybridized carbons (Fsp3) is 0.444. The van der Waals surface area contributed by atoms with Gasteiger partial charge >= 0.3 is 13.8 Å². The van der Waals surface area contributed by atoms with Gasteiger partial charge in [0.2, 0.25) is 0 Å². The highest BCUT2D eigenvalue weighted by Gasteiger charge is 2.50. The van der Waals surface area contributed by atoms with Crippen molar-refractivity contribution in [1.82, 2.24) is 9.55 Å². The lowest BCUT2D eigenvalue weighted by Gasteiger charge is -2.32. The third-order valence-electron chi connectivity index (χ3n) is 4.44. The summed E-state index contributed by atoms with van der Waals surface area (Å²) in [5, 5.41) is 21.2. The first-order valence-corrected chi connectivity index (χ1v) is 11.7. The van der Waals surface area contributed by atoms with Gasteiger partial charge in [-0.15, -0.1) is 0 Å². The van der Waals surface area contributed by atoms with E-state index in [1.54, 1.807) is 6.07 Å². The molecule has 1 aromatic heterocycles. The number of H-pyrrole nitrogens is 1. The first kappa shape index (κ1) is 24.1. The van der Waals surface area contributed by atoms with E-state index in [1.165, 1.54) is 29.0 Å². The number of halogens is 1. The molecule has 0 amide bonds. The molecule has 3 unspecified atom stereocenters. The summed E-state index contributed by atoms with van der Waals surface area (Å²) in [5.74, 6) is -2.76. The molecule has 3 N–H and O–H groups in total. The van der Waals surface area contributed by atoms with Crippen molar-refractivity contribution in [3.05, 3.63) is 56.2 Å². The predicted molar refractivity (Wildman–Crippen MR) is 113 cm³/mol. The molecule has 0 bridgehead atoms. The van der Waals surface area contributed by atoms with Gasteiger partial charge < -0.3 is 19.5 Å². The summed E-state index contributed by atoms with van der Waals surface area (Å²) in [6.07, 6.45) is -0.0344. The molecule has 1 saturated heterocycles. The van der Waals surface area contributed by atoms with E-state index >= 15 is 0 Å². The van der Waals surface area contributed by atoms with Gasteiger partial charge in [-0.2, -0.15) is 0 Å². The lowest BCUT2D eigenvalue weighted by molar-refractivity contribution is -0.349. The number of nitrogens with zero attached hydrogens (tertiary/aromatic N) is 1. The summed E-state index contributed by atoms with van der Waals surface area (Å²) in [4.78, 5) is 13.7. The molecule has 3 heterocycles.